The lowest BCUT2D eigenvalue weighted by molar-refractivity contribution is 0.427. The summed E-state index contributed by atoms with van der Waals surface area (Å²) in [4.78, 5) is 6.28. The van der Waals surface area contributed by atoms with Gasteiger partial charge in [-0.05, 0) is 48.3 Å². The Bertz CT molecular complexity index is 1250. The number of hydrogen-bond acceptors (Lipinski definition) is 4. The number of thiocarbonyl (C=S) groups is 1. The monoisotopic (exact) mass is 498 g/mol. The Morgan fingerprint density at radius 3 is 2.53 bits per heavy atom. The molecule has 1 aromatic heterocycles. The van der Waals surface area contributed by atoms with Gasteiger partial charge in [-0.15, -0.1) is 6.58 Å². The molecule has 0 amide bonds. The van der Waals surface area contributed by atoms with Crippen LogP contribution in [0.2, 0.25) is 0 Å². The van der Waals surface area contributed by atoms with Crippen LogP contribution in [0.3, 0.4) is 0 Å². The SMILES string of the molecule is C=CCN(Cc1cnc(S(=O)(=O)Cc2ccc(F)cc2)n1Cc1ccccc1)C(=S)NC1CC1. The Hall–Kier alpha value is -3.04. The Kier molecular flexibility index (Phi) is 7.43. The van der Waals surface area contributed by atoms with E-state index in [0.717, 1.165) is 24.1 Å². The zero-order valence-electron chi connectivity index (χ0n) is 18.7. The molecule has 1 saturated carbocycles. The molecule has 1 aliphatic rings. The minimum atomic E-state index is -3.79. The average Bonchev–Trinajstić information content (AvgIpc) is 3.54. The summed E-state index contributed by atoms with van der Waals surface area (Å²) in [7, 11) is -3.79. The van der Waals surface area contributed by atoms with Crippen LogP contribution in [0.5, 0.6) is 0 Å². The number of nitrogens with one attached hydrogen (secondary N) is 1. The highest BCUT2D eigenvalue weighted by molar-refractivity contribution is 7.90. The van der Waals surface area contributed by atoms with Gasteiger partial charge in [0, 0.05) is 12.6 Å². The number of hydrogen-bond donors (Lipinski definition) is 1. The molecule has 0 saturated heterocycles. The lowest BCUT2D eigenvalue weighted by Gasteiger charge is -2.25. The molecule has 1 N–H and O–H groups in total. The van der Waals surface area contributed by atoms with Gasteiger partial charge in [-0.3, -0.25) is 0 Å². The first kappa shape index (κ1) is 24.1. The second kappa shape index (κ2) is 10.5. The van der Waals surface area contributed by atoms with E-state index in [1.807, 2.05) is 35.2 Å². The number of imidazole rings is 1. The summed E-state index contributed by atoms with van der Waals surface area (Å²) in [5, 5.41) is 3.93. The minimum Gasteiger partial charge on any atom is -0.360 e. The molecule has 0 radical (unpaired) electrons. The Balaban J connectivity index is 1.66. The van der Waals surface area contributed by atoms with Crippen molar-refractivity contribution in [2.75, 3.05) is 6.54 Å². The van der Waals surface area contributed by atoms with Gasteiger partial charge in [0.15, 0.2) is 5.11 Å². The third kappa shape index (κ3) is 6.09. The molecule has 2 aromatic carbocycles. The van der Waals surface area contributed by atoms with Crippen molar-refractivity contribution in [1.82, 2.24) is 19.8 Å². The van der Waals surface area contributed by atoms with Gasteiger partial charge >= 0.3 is 0 Å². The summed E-state index contributed by atoms with van der Waals surface area (Å²) < 4.78 is 41.7. The van der Waals surface area contributed by atoms with Gasteiger partial charge < -0.3 is 14.8 Å². The summed E-state index contributed by atoms with van der Waals surface area (Å²) in [5.41, 5.74) is 2.18. The average molecular weight is 499 g/mol. The molecule has 1 heterocycles. The quantitative estimate of drug-likeness (QED) is 0.336. The molecule has 34 heavy (non-hydrogen) atoms. The van der Waals surface area contributed by atoms with Gasteiger partial charge in [0.2, 0.25) is 15.0 Å². The number of benzene rings is 2. The smallest absolute Gasteiger partial charge is 0.228 e. The summed E-state index contributed by atoms with van der Waals surface area (Å²) in [6, 6.07) is 15.5. The van der Waals surface area contributed by atoms with Crippen molar-refractivity contribution in [2.45, 2.75) is 42.9 Å². The van der Waals surface area contributed by atoms with Crippen LogP contribution >= 0.6 is 12.2 Å². The Morgan fingerprint density at radius 2 is 1.88 bits per heavy atom. The fourth-order valence-corrected chi connectivity index (χ4v) is 5.43. The molecule has 178 valence electrons. The Morgan fingerprint density at radius 1 is 1.18 bits per heavy atom. The Labute approximate surface area is 205 Å². The molecule has 3 aromatic rings. The van der Waals surface area contributed by atoms with E-state index < -0.39 is 15.7 Å². The summed E-state index contributed by atoms with van der Waals surface area (Å²) >= 11 is 5.60. The second-order valence-electron chi connectivity index (χ2n) is 8.38. The van der Waals surface area contributed by atoms with Crippen LogP contribution in [-0.2, 0) is 28.7 Å². The zero-order chi connectivity index (χ0) is 24.1. The molecular weight excluding hydrogens is 471 g/mol. The van der Waals surface area contributed by atoms with Crippen molar-refractivity contribution in [3.8, 4) is 0 Å². The van der Waals surface area contributed by atoms with Crippen molar-refractivity contribution >= 4 is 27.2 Å². The van der Waals surface area contributed by atoms with Crippen molar-refractivity contribution in [2.24, 2.45) is 0 Å². The van der Waals surface area contributed by atoms with Crippen molar-refractivity contribution < 1.29 is 12.8 Å². The number of nitrogens with zero attached hydrogens (tertiary/aromatic N) is 3. The number of rotatable bonds is 10. The van der Waals surface area contributed by atoms with E-state index in [9.17, 15) is 12.8 Å². The van der Waals surface area contributed by atoms with Crippen LogP contribution in [0.25, 0.3) is 0 Å². The predicted molar refractivity (Wildman–Crippen MR) is 134 cm³/mol. The molecule has 1 fully saturated rings. The van der Waals surface area contributed by atoms with Gasteiger partial charge in [0.25, 0.3) is 0 Å². The lowest BCUT2D eigenvalue weighted by atomic mass is 10.2. The first-order chi connectivity index (χ1) is 16.4. The van der Waals surface area contributed by atoms with Crippen LogP contribution < -0.4 is 5.32 Å². The van der Waals surface area contributed by atoms with E-state index in [4.69, 9.17) is 12.2 Å². The molecule has 0 unspecified atom stereocenters. The predicted octanol–water partition coefficient (Wildman–Crippen LogP) is 4.07. The van der Waals surface area contributed by atoms with Crippen molar-refractivity contribution in [1.29, 1.82) is 0 Å². The van der Waals surface area contributed by atoms with E-state index >= 15 is 0 Å². The highest BCUT2D eigenvalue weighted by atomic mass is 32.2. The van der Waals surface area contributed by atoms with Crippen LogP contribution in [-0.4, -0.2) is 40.6 Å². The van der Waals surface area contributed by atoms with Gasteiger partial charge in [-0.1, -0.05) is 48.5 Å². The minimum absolute atomic E-state index is 0.0182. The molecule has 9 heteroatoms. The molecular formula is C25H27FN4O2S2. The third-order valence-corrected chi connectivity index (χ3v) is 7.50. The van der Waals surface area contributed by atoms with Gasteiger partial charge in [0.1, 0.15) is 5.82 Å². The second-order valence-corrected chi connectivity index (χ2v) is 10.7. The molecule has 0 bridgehead atoms. The number of aromatic nitrogens is 2. The number of halogens is 1. The number of sulfone groups is 1. The lowest BCUT2D eigenvalue weighted by Crippen LogP contribution is -2.40. The largest absolute Gasteiger partial charge is 0.360 e. The molecule has 1 aliphatic carbocycles. The zero-order valence-corrected chi connectivity index (χ0v) is 20.4. The van der Waals surface area contributed by atoms with Crippen LogP contribution in [0.15, 0.2) is 78.6 Å². The standard InChI is InChI=1S/C25H27FN4O2S2/c1-2-14-29(24(33)28-22-12-13-22)17-23-15-27-25(30(23)16-19-6-4-3-5-7-19)34(31,32)18-20-8-10-21(26)11-9-20/h2-11,15,22H,1,12-14,16-18H2,(H,28,33). The van der Waals surface area contributed by atoms with Crippen molar-refractivity contribution in [3.63, 3.8) is 0 Å². The van der Waals surface area contributed by atoms with Gasteiger partial charge in [0.05, 0.1) is 30.7 Å². The molecule has 0 atom stereocenters. The topological polar surface area (TPSA) is 67.2 Å². The highest BCUT2D eigenvalue weighted by Gasteiger charge is 2.27. The van der Waals surface area contributed by atoms with Crippen molar-refractivity contribution in [3.05, 3.63) is 96.1 Å². The summed E-state index contributed by atoms with van der Waals surface area (Å²) in [5.74, 6) is -0.677. The first-order valence-corrected chi connectivity index (χ1v) is 13.1. The summed E-state index contributed by atoms with van der Waals surface area (Å²) in [6.45, 7) is 5.08. The van der Waals surface area contributed by atoms with E-state index in [2.05, 4.69) is 16.9 Å². The van der Waals surface area contributed by atoms with Gasteiger partial charge in [-0.25, -0.2) is 17.8 Å². The summed E-state index contributed by atoms with van der Waals surface area (Å²) in [6.07, 6.45) is 5.56. The van der Waals surface area contributed by atoms with Gasteiger partial charge in [-0.2, -0.15) is 0 Å². The fourth-order valence-electron chi connectivity index (χ4n) is 3.63. The maximum absolute atomic E-state index is 13.4. The maximum atomic E-state index is 13.4. The fraction of sp³-hybridized carbons (Fsp3) is 0.280. The highest BCUT2D eigenvalue weighted by Crippen LogP contribution is 2.22. The molecule has 0 spiro atoms. The van der Waals surface area contributed by atoms with E-state index in [0.29, 0.717) is 36.4 Å². The third-order valence-electron chi connectivity index (χ3n) is 5.53. The maximum Gasteiger partial charge on any atom is 0.228 e. The van der Waals surface area contributed by atoms with Crippen LogP contribution in [0, 0.1) is 5.82 Å². The molecule has 6 nitrogen and oxygen atoms in total. The van der Waals surface area contributed by atoms with Crippen LogP contribution in [0.1, 0.15) is 29.7 Å². The van der Waals surface area contributed by atoms with E-state index in [-0.39, 0.29) is 10.9 Å². The van der Waals surface area contributed by atoms with Crippen LogP contribution in [0.4, 0.5) is 4.39 Å². The normalized spacial score (nSPS) is 13.4. The van der Waals surface area contributed by atoms with E-state index in [1.165, 1.54) is 24.3 Å². The first-order valence-electron chi connectivity index (χ1n) is 11.1. The molecule has 4 rings (SSSR count). The van der Waals surface area contributed by atoms with E-state index in [1.54, 1.807) is 16.8 Å². The molecule has 0 aliphatic heterocycles.